The van der Waals surface area contributed by atoms with Crippen LogP contribution in [-0.2, 0) is 20.8 Å². The van der Waals surface area contributed by atoms with E-state index in [4.69, 9.17) is 9.94 Å². The Morgan fingerprint density at radius 1 is 1.11 bits per heavy atom. The van der Waals surface area contributed by atoms with Crippen LogP contribution in [0.15, 0.2) is 65.8 Å². The monoisotopic (exact) mass is 366 g/mol. The van der Waals surface area contributed by atoms with Crippen molar-refractivity contribution >= 4 is 17.6 Å². The van der Waals surface area contributed by atoms with Gasteiger partial charge in [-0.1, -0.05) is 65.8 Å². The van der Waals surface area contributed by atoms with E-state index in [-0.39, 0.29) is 18.4 Å². The number of carboxylic acids is 1. The van der Waals surface area contributed by atoms with Gasteiger partial charge in [0.1, 0.15) is 0 Å². The van der Waals surface area contributed by atoms with E-state index in [0.717, 1.165) is 16.8 Å². The molecule has 6 heteroatoms. The molecule has 2 aromatic rings. The molecule has 6 nitrogen and oxygen atoms in total. The highest BCUT2D eigenvalue weighted by atomic mass is 16.6. The van der Waals surface area contributed by atoms with Crippen LogP contribution in [0, 0.1) is 0 Å². The first-order valence-corrected chi connectivity index (χ1v) is 8.96. The van der Waals surface area contributed by atoms with Gasteiger partial charge in [-0.15, -0.1) is 0 Å². The number of hydrogen-bond acceptors (Lipinski definition) is 4. The second-order valence-corrected chi connectivity index (χ2v) is 6.53. The molecule has 27 heavy (non-hydrogen) atoms. The molecule has 1 amide bonds. The first kappa shape index (κ1) is 18.6. The van der Waals surface area contributed by atoms with Crippen molar-refractivity contribution in [1.29, 1.82) is 0 Å². The van der Waals surface area contributed by atoms with Crippen LogP contribution in [0.3, 0.4) is 0 Å². The standard InChI is InChI=1S/C21H22N2O4/c24-20(25)12-11-17(13-15-7-3-1-4-8-15)22-21(26)19-14-18(23-27-19)16-9-5-2-6-10-16/h1-10,17,19H,11-14H2,(H,22,26)(H,24,25). The van der Waals surface area contributed by atoms with Crippen LogP contribution in [0.2, 0.25) is 0 Å². The van der Waals surface area contributed by atoms with Crippen LogP contribution < -0.4 is 5.32 Å². The zero-order valence-corrected chi connectivity index (χ0v) is 14.9. The van der Waals surface area contributed by atoms with E-state index in [9.17, 15) is 9.59 Å². The van der Waals surface area contributed by atoms with Gasteiger partial charge in [0.25, 0.3) is 5.91 Å². The van der Waals surface area contributed by atoms with Crippen LogP contribution in [0.5, 0.6) is 0 Å². The number of rotatable bonds is 8. The Morgan fingerprint density at radius 3 is 2.44 bits per heavy atom. The minimum Gasteiger partial charge on any atom is -0.481 e. The molecule has 2 unspecified atom stereocenters. The fourth-order valence-corrected chi connectivity index (χ4v) is 3.03. The molecule has 2 atom stereocenters. The summed E-state index contributed by atoms with van der Waals surface area (Å²) in [5.74, 6) is -1.15. The summed E-state index contributed by atoms with van der Waals surface area (Å²) >= 11 is 0. The predicted octanol–water partition coefficient (Wildman–Crippen LogP) is 2.77. The van der Waals surface area contributed by atoms with Gasteiger partial charge in [-0.05, 0) is 24.0 Å². The maximum Gasteiger partial charge on any atom is 0.303 e. The third-order valence-electron chi connectivity index (χ3n) is 4.45. The van der Waals surface area contributed by atoms with E-state index >= 15 is 0 Å². The smallest absolute Gasteiger partial charge is 0.303 e. The average Bonchev–Trinajstić information content (AvgIpc) is 3.18. The molecule has 1 aliphatic heterocycles. The van der Waals surface area contributed by atoms with E-state index in [1.54, 1.807) is 0 Å². The Bertz CT molecular complexity index is 805. The lowest BCUT2D eigenvalue weighted by atomic mass is 10.0. The molecular formula is C21H22N2O4. The average molecular weight is 366 g/mol. The summed E-state index contributed by atoms with van der Waals surface area (Å²) in [5.41, 5.74) is 2.71. The van der Waals surface area contributed by atoms with Crippen molar-refractivity contribution in [3.05, 3.63) is 71.8 Å². The molecule has 1 aliphatic rings. The normalized spacial score (nSPS) is 16.9. The zero-order chi connectivity index (χ0) is 19.1. The van der Waals surface area contributed by atoms with E-state index in [1.165, 1.54) is 0 Å². The second-order valence-electron chi connectivity index (χ2n) is 6.53. The number of amides is 1. The van der Waals surface area contributed by atoms with E-state index in [0.29, 0.717) is 19.3 Å². The molecule has 0 fully saturated rings. The first-order valence-electron chi connectivity index (χ1n) is 8.96. The van der Waals surface area contributed by atoms with Crippen LogP contribution in [0.4, 0.5) is 0 Å². The number of oxime groups is 1. The summed E-state index contributed by atoms with van der Waals surface area (Å²) in [7, 11) is 0. The third kappa shape index (κ3) is 5.41. The zero-order valence-electron chi connectivity index (χ0n) is 14.9. The summed E-state index contributed by atoms with van der Waals surface area (Å²) in [6.45, 7) is 0. The Morgan fingerprint density at radius 2 is 1.78 bits per heavy atom. The van der Waals surface area contributed by atoms with Gasteiger partial charge >= 0.3 is 5.97 Å². The minimum atomic E-state index is -0.880. The van der Waals surface area contributed by atoms with Gasteiger partial charge in [0, 0.05) is 18.9 Å². The van der Waals surface area contributed by atoms with Crippen LogP contribution in [-0.4, -0.2) is 34.8 Å². The molecule has 0 spiro atoms. The topological polar surface area (TPSA) is 88.0 Å². The van der Waals surface area contributed by atoms with Gasteiger partial charge in [0.05, 0.1) is 5.71 Å². The Hall–Kier alpha value is -3.15. The SMILES string of the molecule is O=C(O)CCC(Cc1ccccc1)NC(=O)C1CC(c2ccccc2)=NO1. The fraction of sp³-hybridized carbons (Fsp3) is 0.286. The van der Waals surface area contributed by atoms with Crippen molar-refractivity contribution in [3.8, 4) is 0 Å². The van der Waals surface area contributed by atoms with E-state index < -0.39 is 12.1 Å². The van der Waals surface area contributed by atoms with Gasteiger partial charge in [0.15, 0.2) is 0 Å². The van der Waals surface area contributed by atoms with Crippen molar-refractivity contribution in [2.24, 2.45) is 5.16 Å². The van der Waals surface area contributed by atoms with E-state index in [1.807, 2.05) is 60.7 Å². The summed E-state index contributed by atoms with van der Waals surface area (Å²) in [5, 5.41) is 15.9. The van der Waals surface area contributed by atoms with Gasteiger partial charge in [-0.2, -0.15) is 0 Å². The predicted molar refractivity (Wildman–Crippen MR) is 101 cm³/mol. The molecule has 3 rings (SSSR count). The Kier molecular flexibility index (Phi) is 6.20. The van der Waals surface area contributed by atoms with Crippen molar-refractivity contribution in [1.82, 2.24) is 5.32 Å². The lowest BCUT2D eigenvalue weighted by Crippen LogP contribution is -2.42. The lowest BCUT2D eigenvalue weighted by Gasteiger charge is -2.20. The third-order valence-corrected chi connectivity index (χ3v) is 4.45. The van der Waals surface area contributed by atoms with Gasteiger partial charge in [-0.3, -0.25) is 9.59 Å². The molecule has 0 aromatic heterocycles. The molecule has 2 N–H and O–H groups in total. The van der Waals surface area contributed by atoms with Gasteiger partial charge in [-0.25, -0.2) is 0 Å². The number of nitrogens with one attached hydrogen (secondary N) is 1. The Labute approximate surface area is 157 Å². The summed E-state index contributed by atoms with van der Waals surface area (Å²) in [6, 6.07) is 19.0. The minimum absolute atomic E-state index is 0.00489. The number of carbonyl (C=O) groups is 2. The van der Waals surface area contributed by atoms with Crippen molar-refractivity contribution in [2.75, 3.05) is 0 Å². The lowest BCUT2D eigenvalue weighted by molar-refractivity contribution is -0.138. The second kappa shape index (κ2) is 8.98. The molecule has 0 bridgehead atoms. The van der Waals surface area contributed by atoms with Crippen LogP contribution >= 0.6 is 0 Å². The molecular weight excluding hydrogens is 344 g/mol. The summed E-state index contributed by atoms with van der Waals surface area (Å²) < 4.78 is 0. The summed E-state index contributed by atoms with van der Waals surface area (Å²) in [4.78, 5) is 28.9. The van der Waals surface area contributed by atoms with E-state index in [2.05, 4.69) is 10.5 Å². The molecule has 1 heterocycles. The number of benzene rings is 2. The van der Waals surface area contributed by atoms with Crippen molar-refractivity contribution < 1.29 is 19.5 Å². The van der Waals surface area contributed by atoms with Crippen molar-refractivity contribution in [2.45, 2.75) is 37.8 Å². The highest BCUT2D eigenvalue weighted by molar-refractivity contribution is 6.04. The van der Waals surface area contributed by atoms with Crippen LogP contribution in [0.25, 0.3) is 0 Å². The van der Waals surface area contributed by atoms with Crippen LogP contribution in [0.1, 0.15) is 30.4 Å². The number of hydrogen-bond donors (Lipinski definition) is 2. The number of nitrogens with zero attached hydrogens (tertiary/aromatic N) is 1. The summed E-state index contributed by atoms with van der Waals surface area (Å²) in [6.07, 6.45) is 0.624. The van der Waals surface area contributed by atoms with Crippen molar-refractivity contribution in [3.63, 3.8) is 0 Å². The molecule has 140 valence electrons. The highest BCUT2D eigenvalue weighted by Crippen LogP contribution is 2.17. The van der Waals surface area contributed by atoms with Gasteiger partial charge < -0.3 is 15.3 Å². The largest absolute Gasteiger partial charge is 0.481 e. The number of aliphatic carboxylic acids is 1. The number of carboxylic acid groups (broad SMARTS) is 1. The van der Waals surface area contributed by atoms with Gasteiger partial charge in [0.2, 0.25) is 6.10 Å². The molecule has 0 saturated heterocycles. The Balaban J connectivity index is 1.59. The molecule has 0 saturated carbocycles. The molecule has 0 aliphatic carbocycles. The maximum atomic E-state index is 12.6. The first-order chi connectivity index (χ1) is 13.1. The maximum absolute atomic E-state index is 12.6. The highest BCUT2D eigenvalue weighted by Gasteiger charge is 2.30. The molecule has 2 aromatic carbocycles. The fourth-order valence-electron chi connectivity index (χ4n) is 3.03. The quantitative estimate of drug-likeness (QED) is 0.752. The molecule has 0 radical (unpaired) electrons. The number of carbonyl (C=O) groups excluding carboxylic acids is 1.